The molecule has 6 nitrogen and oxygen atoms in total. The lowest BCUT2D eigenvalue weighted by Crippen LogP contribution is -3.17. The van der Waals surface area contributed by atoms with E-state index in [0.29, 0.717) is 25.3 Å². The molecule has 27 heavy (non-hydrogen) atoms. The first-order valence-corrected chi connectivity index (χ1v) is 9.12. The number of amides is 1. The maximum absolute atomic E-state index is 12.5. The second-order valence-electron chi connectivity index (χ2n) is 6.57. The second kappa shape index (κ2) is 8.68. The Morgan fingerprint density at radius 1 is 1.11 bits per heavy atom. The summed E-state index contributed by atoms with van der Waals surface area (Å²) in [6.45, 7) is 3.33. The van der Waals surface area contributed by atoms with Crippen LogP contribution in [0.5, 0.6) is 5.75 Å². The van der Waals surface area contributed by atoms with Crippen molar-refractivity contribution in [3.63, 3.8) is 0 Å². The van der Waals surface area contributed by atoms with Crippen molar-refractivity contribution in [1.82, 2.24) is 0 Å². The zero-order chi connectivity index (χ0) is 19.2. The van der Waals surface area contributed by atoms with Crippen molar-refractivity contribution in [2.24, 2.45) is 0 Å². The van der Waals surface area contributed by atoms with E-state index < -0.39 is 0 Å². The van der Waals surface area contributed by atoms with Gasteiger partial charge in [-0.2, -0.15) is 0 Å². The predicted molar refractivity (Wildman–Crippen MR) is 102 cm³/mol. The zero-order valence-corrected chi connectivity index (χ0v) is 15.7. The summed E-state index contributed by atoms with van der Waals surface area (Å²) in [7, 11) is 1.39. The minimum atomic E-state index is -0.379. The number of benzene rings is 2. The van der Waals surface area contributed by atoms with Crippen LogP contribution in [-0.2, 0) is 27.3 Å². The van der Waals surface area contributed by atoms with Crippen LogP contribution in [0.3, 0.4) is 0 Å². The first-order chi connectivity index (χ1) is 13.1. The van der Waals surface area contributed by atoms with Gasteiger partial charge < -0.3 is 19.7 Å². The van der Waals surface area contributed by atoms with Gasteiger partial charge in [0.05, 0.1) is 13.7 Å². The van der Waals surface area contributed by atoms with E-state index in [1.807, 2.05) is 55.5 Å². The van der Waals surface area contributed by atoms with Gasteiger partial charge >= 0.3 is 5.97 Å². The van der Waals surface area contributed by atoms with E-state index in [1.165, 1.54) is 12.7 Å². The summed E-state index contributed by atoms with van der Waals surface area (Å²) in [4.78, 5) is 25.7. The van der Waals surface area contributed by atoms with Crippen molar-refractivity contribution in [1.29, 1.82) is 0 Å². The number of carbonyl (C=O) groups excluding carboxylic acids is 2. The Hall–Kier alpha value is -2.86. The lowest BCUT2D eigenvalue weighted by Gasteiger charge is -2.31. The smallest absolute Gasteiger partial charge is 0.365 e. The van der Waals surface area contributed by atoms with Crippen molar-refractivity contribution in [3.05, 3.63) is 59.7 Å². The summed E-state index contributed by atoms with van der Waals surface area (Å²) in [5.74, 6) is 0.343. The molecule has 0 spiro atoms. The summed E-state index contributed by atoms with van der Waals surface area (Å²) in [6, 6.07) is 14.9. The number of fused-ring (bicyclic) bond motifs is 1. The molecule has 0 saturated heterocycles. The fraction of sp³-hybridized carbons (Fsp3) is 0.333. The fourth-order valence-electron chi connectivity index (χ4n) is 3.45. The van der Waals surface area contributed by atoms with Gasteiger partial charge in [0.1, 0.15) is 12.3 Å². The van der Waals surface area contributed by atoms with Gasteiger partial charge in [-0.25, -0.2) is 4.79 Å². The Morgan fingerprint density at radius 2 is 1.81 bits per heavy atom. The lowest BCUT2D eigenvalue weighted by atomic mass is 9.94. The van der Waals surface area contributed by atoms with Gasteiger partial charge in [0.15, 0.2) is 12.6 Å². The highest BCUT2D eigenvalue weighted by Gasteiger charge is 2.37. The highest BCUT2D eigenvalue weighted by molar-refractivity contribution is 5.91. The molecule has 1 heterocycles. The number of nitrogens with one attached hydrogen (secondary N) is 2. The van der Waals surface area contributed by atoms with Crippen molar-refractivity contribution >= 4 is 17.6 Å². The predicted octanol–water partition coefficient (Wildman–Crippen LogP) is 1.21. The Morgan fingerprint density at radius 3 is 2.48 bits per heavy atom. The number of hydrogen-bond donors (Lipinski definition) is 2. The van der Waals surface area contributed by atoms with Gasteiger partial charge in [0.25, 0.3) is 5.91 Å². The topological polar surface area (TPSA) is 69.1 Å². The number of methoxy groups -OCH3 is 1. The lowest BCUT2D eigenvalue weighted by molar-refractivity contribution is -0.924. The summed E-state index contributed by atoms with van der Waals surface area (Å²) in [5.41, 5.74) is 3.01. The summed E-state index contributed by atoms with van der Waals surface area (Å²) in [6.07, 6.45) is 0.578. The third-order valence-corrected chi connectivity index (χ3v) is 4.78. The molecule has 1 aliphatic rings. The third-order valence-electron chi connectivity index (χ3n) is 4.78. The molecule has 142 valence electrons. The summed E-state index contributed by atoms with van der Waals surface area (Å²) < 4.78 is 10.4. The molecule has 2 atom stereocenters. The largest absolute Gasteiger partial charge is 0.494 e. The SMILES string of the molecule is CCOc1ccc(NC(=O)C[NH+]2Cc3ccccc3C[C@@H]2C(=O)OC)cc1. The highest BCUT2D eigenvalue weighted by atomic mass is 16.5. The fourth-order valence-corrected chi connectivity index (χ4v) is 3.45. The maximum atomic E-state index is 12.5. The third kappa shape index (κ3) is 4.65. The Balaban J connectivity index is 1.68. The number of hydrogen-bond acceptors (Lipinski definition) is 4. The highest BCUT2D eigenvalue weighted by Crippen LogP contribution is 2.16. The molecular weight excluding hydrogens is 344 g/mol. The minimum Gasteiger partial charge on any atom is -0.494 e. The monoisotopic (exact) mass is 369 g/mol. The molecule has 0 radical (unpaired) electrons. The van der Waals surface area contributed by atoms with Crippen LogP contribution in [-0.4, -0.2) is 38.2 Å². The second-order valence-corrected chi connectivity index (χ2v) is 6.57. The quantitative estimate of drug-likeness (QED) is 0.751. The Bertz CT molecular complexity index is 804. The number of anilines is 1. The average Bonchev–Trinajstić information content (AvgIpc) is 2.68. The van der Waals surface area contributed by atoms with Gasteiger partial charge in [-0.1, -0.05) is 24.3 Å². The molecule has 0 bridgehead atoms. The van der Waals surface area contributed by atoms with E-state index in [4.69, 9.17) is 9.47 Å². The van der Waals surface area contributed by atoms with Crippen molar-refractivity contribution in [2.45, 2.75) is 25.9 Å². The van der Waals surface area contributed by atoms with Crippen LogP contribution in [0.1, 0.15) is 18.1 Å². The van der Waals surface area contributed by atoms with Crippen molar-refractivity contribution < 1.29 is 24.0 Å². The van der Waals surface area contributed by atoms with Gasteiger partial charge in [-0.3, -0.25) is 4.79 Å². The number of quaternary nitrogens is 1. The van der Waals surface area contributed by atoms with Crippen molar-refractivity contribution in [3.8, 4) is 5.75 Å². The van der Waals surface area contributed by atoms with Gasteiger partial charge in [-0.05, 0) is 36.8 Å². The number of rotatable bonds is 6. The summed E-state index contributed by atoms with van der Waals surface area (Å²) in [5, 5.41) is 2.89. The molecule has 6 heteroatoms. The van der Waals surface area contributed by atoms with E-state index >= 15 is 0 Å². The molecule has 0 fully saturated rings. The van der Waals surface area contributed by atoms with E-state index in [0.717, 1.165) is 16.2 Å². The van der Waals surface area contributed by atoms with Crippen LogP contribution >= 0.6 is 0 Å². The van der Waals surface area contributed by atoms with Gasteiger partial charge in [-0.15, -0.1) is 0 Å². The maximum Gasteiger partial charge on any atom is 0.365 e. The molecule has 0 saturated carbocycles. The molecule has 2 N–H and O–H groups in total. The van der Waals surface area contributed by atoms with E-state index in [2.05, 4.69) is 5.32 Å². The first kappa shape index (κ1) is 18.9. The van der Waals surface area contributed by atoms with Crippen LogP contribution < -0.4 is 15.0 Å². The molecular formula is C21H25N2O4+. The van der Waals surface area contributed by atoms with Crippen molar-refractivity contribution in [2.75, 3.05) is 25.6 Å². The van der Waals surface area contributed by atoms with Crippen LogP contribution in [0.25, 0.3) is 0 Å². The molecule has 2 aromatic rings. The first-order valence-electron chi connectivity index (χ1n) is 9.12. The standard InChI is InChI=1S/C21H24N2O4/c1-3-27-18-10-8-17(9-11-18)22-20(24)14-23-13-16-7-5-4-6-15(16)12-19(23)21(25)26-2/h4-11,19H,3,12-14H2,1-2H3,(H,22,24)/p+1/t19-/m1/s1. The molecule has 2 aromatic carbocycles. The normalized spacial score (nSPS) is 18.3. The van der Waals surface area contributed by atoms with Gasteiger partial charge in [0.2, 0.25) is 0 Å². The summed E-state index contributed by atoms with van der Waals surface area (Å²) >= 11 is 0. The average molecular weight is 369 g/mol. The van der Waals surface area contributed by atoms with E-state index in [9.17, 15) is 9.59 Å². The van der Waals surface area contributed by atoms with Crippen LogP contribution in [0.4, 0.5) is 5.69 Å². The van der Waals surface area contributed by atoms with Crippen LogP contribution in [0.2, 0.25) is 0 Å². The number of carbonyl (C=O) groups is 2. The molecule has 1 amide bonds. The molecule has 0 aliphatic carbocycles. The Labute approximate surface area is 159 Å². The van der Waals surface area contributed by atoms with E-state index in [1.54, 1.807) is 0 Å². The molecule has 0 aromatic heterocycles. The number of esters is 1. The minimum absolute atomic E-state index is 0.137. The van der Waals surface area contributed by atoms with Crippen LogP contribution in [0.15, 0.2) is 48.5 Å². The van der Waals surface area contributed by atoms with Crippen LogP contribution in [0, 0.1) is 0 Å². The molecule has 1 unspecified atom stereocenters. The molecule has 3 rings (SSSR count). The zero-order valence-electron chi connectivity index (χ0n) is 15.7. The Kier molecular flexibility index (Phi) is 6.08. The van der Waals surface area contributed by atoms with E-state index in [-0.39, 0.29) is 24.5 Å². The molecule has 1 aliphatic heterocycles. The number of ether oxygens (including phenoxy) is 2. The van der Waals surface area contributed by atoms with Gasteiger partial charge in [0, 0.05) is 17.7 Å².